The first-order valence-corrected chi connectivity index (χ1v) is 17.7. The van der Waals surface area contributed by atoms with Crippen molar-refractivity contribution in [2.75, 3.05) is 4.90 Å². The molecule has 234 valence electrons. The molecule has 0 aliphatic carbocycles. The number of hydrogen-bond acceptors (Lipinski definition) is 3. The molecule has 3 nitrogen and oxygen atoms in total. The van der Waals surface area contributed by atoms with Crippen LogP contribution in [0, 0.1) is 0 Å². The predicted octanol–water partition coefficient (Wildman–Crippen LogP) is 13.7. The van der Waals surface area contributed by atoms with Crippen LogP contribution in [0.5, 0.6) is 0 Å². The Morgan fingerprint density at radius 3 is 1.98 bits per heavy atom. The van der Waals surface area contributed by atoms with Crippen LogP contribution in [0.3, 0.4) is 0 Å². The van der Waals surface area contributed by atoms with E-state index < -0.39 is 0 Å². The SMILES string of the molecule is c1ccc(-n2c3ccccc3c3c(N(c4ccc5c(c4)oc4ccccc45)c4ccc5c(c4)sc4cc6ccccc6cc45)cccc32)cc1. The van der Waals surface area contributed by atoms with Gasteiger partial charge in [-0.15, -0.1) is 11.3 Å². The van der Waals surface area contributed by atoms with Crippen LogP contribution in [-0.2, 0) is 0 Å². The van der Waals surface area contributed by atoms with Crippen LogP contribution in [0.1, 0.15) is 0 Å². The Morgan fingerprint density at radius 1 is 0.440 bits per heavy atom. The van der Waals surface area contributed by atoms with Gasteiger partial charge in [0.1, 0.15) is 11.2 Å². The maximum atomic E-state index is 6.45. The number of para-hydroxylation sites is 3. The van der Waals surface area contributed by atoms with Gasteiger partial charge in [-0.1, -0.05) is 91.0 Å². The standard InChI is InChI=1S/C46H28N2OS/c1-2-13-31(14-3-1)48-39-17-8-6-16-37(39)46-40(18-10-19-41(46)48)47(32-21-23-35-34-15-7-9-20-42(34)49-43(35)27-32)33-22-24-36-38-25-29-11-4-5-12-30(29)26-44(38)50-45(36)28-33/h1-28H. The Morgan fingerprint density at radius 2 is 1.10 bits per heavy atom. The zero-order valence-corrected chi connectivity index (χ0v) is 27.7. The molecule has 0 atom stereocenters. The Balaban J connectivity index is 1.20. The highest BCUT2D eigenvalue weighted by Crippen LogP contribution is 2.47. The van der Waals surface area contributed by atoms with Crippen LogP contribution < -0.4 is 4.90 Å². The Labute approximate surface area is 291 Å². The predicted molar refractivity (Wildman–Crippen MR) is 213 cm³/mol. The summed E-state index contributed by atoms with van der Waals surface area (Å²) in [4.78, 5) is 2.41. The fourth-order valence-corrected chi connectivity index (χ4v) is 9.08. The minimum atomic E-state index is 0.877. The molecule has 0 bridgehead atoms. The van der Waals surface area contributed by atoms with E-state index in [-0.39, 0.29) is 0 Å². The van der Waals surface area contributed by atoms with Crippen molar-refractivity contribution in [3.05, 3.63) is 170 Å². The van der Waals surface area contributed by atoms with Crippen molar-refractivity contribution in [1.82, 2.24) is 4.57 Å². The summed E-state index contributed by atoms with van der Waals surface area (Å²) in [5, 5.41) is 9.80. The molecule has 0 fully saturated rings. The summed E-state index contributed by atoms with van der Waals surface area (Å²) in [6, 6.07) is 61.3. The number of fused-ring (bicyclic) bond motifs is 10. The third-order valence-electron chi connectivity index (χ3n) is 10.1. The molecule has 0 N–H and O–H groups in total. The average Bonchev–Trinajstić information content (AvgIpc) is 3.83. The van der Waals surface area contributed by atoms with E-state index in [9.17, 15) is 0 Å². The van der Waals surface area contributed by atoms with Crippen LogP contribution in [0.2, 0.25) is 0 Å². The van der Waals surface area contributed by atoms with Gasteiger partial charge >= 0.3 is 0 Å². The lowest BCUT2D eigenvalue weighted by Gasteiger charge is -2.26. The number of thiophene rings is 1. The Hall–Kier alpha value is -6.36. The van der Waals surface area contributed by atoms with Gasteiger partial charge in [-0.3, -0.25) is 0 Å². The maximum absolute atomic E-state index is 6.45. The summed E-state index contributed by atoms with van der Waals surface area (Å²) in [5.74, 6) is 0. The molecular weight excluding hydrogens is 629 g/mol. The zero-order valence-electron chi connectivity index (χ0n) is 26.9. The highest BCUT2D eigenvalue weighted by molar-refractivity contribution is 7.25. The molecule has 11 aromatic rings. The first-order chi connectivity index (χ1) is 24.8. The molecule has 3 aromatic heterocycles. The minimum absolute atomic E-state index is 0.877. The molecule has 0 spiro atoms. The summed E-state index contributed by atoms with van der Waals surface area (Å²) in [6.45, 7) is 0. The van der Waals surface area contributed by atoms with E-state index >= 15 is 0 Å². The van der Waals surface area contributed by atoms with Crippen LogP contribution in [-0.4, -0.2) is 4.57 Å². The second-order valence-corrected chi connectivity index (χ2v) is 14.0. The number of nitrogens with zero attached hydrogens (tertiary/aromatic N) is 2. The highest BCUT2D eigenvalue weighted by Gasteiger charge is 2.22. The molecule has 0 unspecified atom stereocenters. The van der Waals surface area contributed by atoms with Crippen LogP contribution in [0.15, 0.2) is 174 Å². The van der Waals surface area contributed by atoms with Gasteiger partial charge in [0, 0.05) is 64.8 Å². The van der Waals surface area contributed by atoms with Crippen LogP contribution in [0.25, 0.3) is 80.4 Å². The summed E-state index contributed by atoms with van der Waals surface area (Å²) >= 11 is 1.86. The normalized spacial score (nSPS) is 12.0. The minimum Gasteiger partial charge on any atom is -0.456 e. The van der Waals surface area contributed by atoms with E-state index in [1.165, 1.54) is 52.8 Å². The highest BCUT2D eigenvalue weighted by atomic mass is 32.1. The molecule has 50 heavy (non-hydrogen) atoms. The number of anilines is 3. The van der Waals surface area contributed by atoms with Gasteiger partial charge in [0.2, 0.25) is 0 Å². The first-order valence-electron chi connectivity index (χ1n) is 16.9. The molecule has 4 heteroatoms. The Bertz CT molecular complexity index is 3110. The van der Waals surface area contributed by atoms with Gasteiger partial charge in [-0.2, -0.15) is 0 Å². The second-order valence-electron chi connectivity index (χ2n) is 13.0. The van der Waals surface area contributed by atoms with Crippen molar-refractivity contribution in [2.24, 2.45) is 0 Å². The smallest absolute Gasteiger partial charge is 0.137 e. The molecule has 11 rings (SSSR count). The number of benzene rings is 8. The van der Waals surface area contributed by atoms with Gasteiger partial charge in [0.15, 0.2) is 0 Å². The average molecular weight is 657 g/mol. The van der Waals surface area contributed by atoms with Gasteiger partial charge in [-0.25, -0.2) is 0 Å². The lowest BCUT2D eigenvalue weighted by Crippen LogP contribution is -2.10. The second kappa shape index (κ2) is 10.6. The monoisotopic (exact) mass is 656 g/mol. The molecule has 0 saturated carbocycles. The molecule has 0 radical (unpaired) electrons. The molecule has 0 aliphatic heterocycles. The summed E-state index contributed by atoms with van der Waals surface area (Å²) in [5.41, 5.74) is 8.54. The topological polar surface area (TPSA) is 21.3 Å². The van der Waals surface area contributed by atoms with Gasteiger partial charge < -0.3 is 13.9 Å². The molecule has 3 heterocycles. The van der Waals surface area contributed by atoms with E-state index in [1.807, 2.05) is 23.5 Å². The Kier molecular flexibility index (Phi) is 5.83. The third-order valence-corrected chi connectivity index (χ3v) is 11.2. The number of aromatic nitrogens is 1. The molecule has 0 amide bonds. The zero-order chi connectivity index (χ0) is 32.8. The van der Waals surface area contributed by atoms with Crippen LogP contribution >= 0.6 is 11.3 Å². The largest absolute Gasteiger partial charge is 0.456 e. The van der Waals surface area contributed by atoms with E-state index in [0.29, 0.717) is 0 Å². The van der Waals surface area contributed by atoms with Gasteiger partial charge in [-0.05, 0) is 83.6 Å². The number of hydrogen-bond donors (Lipinski definition) is 0. The maximum Gasteiger partial charge on any atom is 0.137 e. The summed E-state index contributed by atoms with van der Waals surface area (Å²) in [6.07, 6.45) is 0. The van der Waals surface area contributed by atoms with Gasteiger partial charge in [0.05, 0.1) is 16.7 Å². The molecule has 0 saturated heterocycles. The fraction of sp³-hybridized carbons (Fsp3) is 0. The third kappa shape index (κ3) is 4.03. The van der Waals surface area contributed by atoms with E-state index in [1.54, 1.807) is 0 Å². The van der Waals surface area contributed by atoms with E-state index in [4.69, 9.17) is 4.42 Å². The van der Waals surface area contributed by atoms with Crippen molar-refractivity contribution < 1.29 is 4.42 Å². The molecule has 0 aliphatic rings. The first kappa shape index (κ1) is 27.6. The van der Waals surface area contributed by atoms with Crippen molar-refractivity contribution >= 4 is 103 Å². The van der Waals surface area contributed by atoms with E-state index in [2.05, 4.69) is 167 Å². The van der Waals surface area contributed by atoms with Crippen molar-refractivity contribution in [3.8, 4) is 5.69 Å². The van der Waals surface area contributed by atoms with Crippen LogP contribution in [0.4, 0.5) is 17.1 Å². The van der Waals surface area contributed by atoms with E-state index in [0.717, 1.165) is 44.7 Å². The summed E-state index contributed by atoms with van der Waals surface area (Å²) < 4.78 is 11.4. The lowest BCUT2D eigenvalue weighted by atomic mass is 10.0. The van der Waals surface area contributed by atoms with Crippen molar-refractivity contribution in [1.29, 1.82) is 0 Å². The summed E-state index contributed by atoms with van der Waals surface area (Å²) in [7, 11) is 0. The van der Waals surface area contributed by atoms with Gasteiger partial charge in [0.25, 0.3) is 0 Å². The molecule has 8 aromatic carbocycles. The lowest BCUT2D eigenvalue weighted by molar-refractivity contribution is 0.669. The number of rotatable bonds is 4. The fourth-order valence-electron chi connectivity index (χ4n) is 7.91. The quantitative estimate of drug-likeness (QED) is 0.188. The number of furan rings is 1. The molecular formula is C46H28N2OS. The van der Waals surface area contributed by atoms with Crippen molar-refractivity contribution in [3.63, 3.8) is 0 Å². The van der Waals surface area contributed by atoms with Crippen molar-refractivity contribution in [2.45, 2.75) is 0 Å².